The van der Waals surface area contributed by atoms with Crippen molar-refractivity contribution in [2.75, 3.05) is 39.6 Å². The molecular weight excluding hydrogens is 606 g/mol. The highest BCUT2D eigenvalue weighted by atomic mass is 16.6. The predicted molar refractivity (Wildman–Crippen MR) is 176 cm³/mol. The summed E-state index contributed by atoms with van der Waals surface area (Å²) in [5, 5.41) is 8.25. The van der Waals surface area contributed by atoms with Gasteiger partial charge in [-0.2, -0.15) is 0 Å². The van der Waals surface area contributed by atoms with Crippen LogP contribution in [0.2, 0.25) is 0 Å². The smallest absolute Gasteiger partial charge is 0.410 e. The van der Waals surface area contributed by atoms with E-state index in [0.717, 1.165) is 0 Å². The molecular formula is C35H45N3O9. The first-order valence-corrected chi connectivity index (χ1v) is 15.4. The standard InChI is InChI=1S/C35H45N3O9/c1-26(36-32(39)45-29-14-8-5-9-15-29)20-42-23-35(4,24-43-21-27(2)37-33(40)46-30-16-10-6-11-17-30)25-44-22-28(3)38-34(41)47-31-18-12-7-13-19-31/h5-19,26-28H,20-25H2,1-4H3,(H,36,39)(H,37,40)(H,38,41). The Morgan fingerprint density at radius 2 is 0.766 bits per heavy atom. The summed E-state index contributed by atoms with van der Waals surface area (Å²) in [5.74, 6) is 1.32. The summed E-state index contributed by atoms with van der Waals surface area (Å²) in [6.07, 6.45) is -1.75. The Balaban J connectivity index is 1.46. The van der Waals surface area contributed by atoms with Gasteiger partial charge < -0.3 is 44.4 Å². The largest absolute Gasteiger partial charge is 0.412 e. The number of hydrogen-bond donors (Lipinski definition) is 3. The Morgan fingerprint density at radius 3 is 1.02 bits per heavy atom. The van der Waals surface area contributed by atoms with Crippen molar-refractivity contribution in [3.63, 3.8) is 0 Å². The van der Waals surface area contributed by atoms with Gasteiger partial charge in [0.15, 0.2) is 0 Å². The van der Waals surface area contributed by atoms with E-state index in [9.17, 15) is 14.4 Å². The van der Waals surface area contributed by atoms with Gasteiger partial charge in [0.05, 0.1) is 57.8 Å². The minimum atomic E-state index is -0.612. The maximum Gasteiger partial charge on any atom is 0.412 e. The molecule has 0 saturated carbocycles. The zero-order chi connectivity index (χ0) is 33.9. The first-order valence-electron chi connectivity index (χ1n) is 15.4. The number of hydrogen-bond acceptors (Lipinski definition) is 9. The lowest BCUT2D eigenvalue weighted by Gasteiger charge is -2.30. The van der Waals surface area contributed by atoms with E-state index in [4.69, 9.17) is 28.4 Å². The van der Waals surface area contributed by atoms with Gasteiger partial charge in [0.1, 0.15) is 17.2 Å². The van der Waals surface area contributed by atoms with Crippen molar-refractivity contribution in [1.29, 1.82) is 0 Å². The molecule has 12 nitrogen and oxygen atoms in total. The molecule has 3 rings (SSSR count). The number of benzene rings is 3. The highest BCUT2D eigenvalue weighted by molar-refractivity contribution is 5.71. The first-order chi connectivity index (χ1) is 22.6. The fourth-order valence-corrected chi connectivity index (χ4v) is 4.17. The second-order valence-electron chi connectivity index (χ2n) is 11.6. The summed E-state index contributed by atoms with van der Waals surface area (Å²) < 4.78 is 33.8. The molecule has 0 spiro atoms. The number of carbonyl (C=O) groups is 3. The van der Waals surface area contributed by atoms with Crippen molar-refractivity contribution in [3.8, 4) is 17.2 Å². The number of ether oxygens (including phenoxy) is 6. The van der Waals surface area contributed by atoms with Crippen LogP contribution >= 0.6 is 0 Å². The fraction of sp³-hybridized carbons (Fsp3) is 0.400. The van der Waals surface area contributed by atoms with E-state index in [0.29, 0.717) is 17.2 Å². The molecule has 0 aliphatic rings. The van der Waals surface area contributed by atoms with E-state index in [2.05, 4.69) is 16.0 Å². The molecule has 3 atom stereocenters. The van der Waals surface area contributed by atoms with E-state index in [-0.39, 0.29) is 57.8 Å². The van der Waals surface area contributed by atoms with E-state index in [1.54, 1.807) is 93.6 Å². The molecule has 3 unspecified atom stereocenters. The highest BCUT2D eigenvalue weighted by Gasteiger charge is 2.27. The van der Waals surface area contributed by atoms with Crippen molar-refractivity contribution in [3.05, 3.63) is 91.0 Å². The lowest BCUT2D eigenvalue weighted by molar-refractivity contribution is -0.0659. The molecule has 0 aromatic heterocycles. The molecule has 0 saturated heterocycles. The summed E-state index contributed by atoms with van der Waals surface area (Å²) in [4.78, 5) is 36.7. The monoisotopic (exact) mass is 651 g/mol. The van der Waals surface area contributed by atoms with E-state index in [1.165, 1.54) is 0 Å². The summed E-state index contributed by atoms with van der Waals surface area (Å²) in [7, 11) is 0. The van der Waals surface area contributed by atoms with Gasteiger partial charge >= 0.3 is 18.3 Å². The van der Waals surface area contributed by atoms with Gasteiger partial charge in [0, 0.05) is 5.41 Å². The Bertz CT molecular complexity index is 1180. The van der Waals surface area contributed by atoms with Gasteiger partial charge in [0.2, 0.25) is 0 Å². The van der Waals surface area contributed by atoms with Crippen molar-refractivity contribution >= 4 is 18.3 Å². The minimum Gasteiger partial charge on any atom is -0.410 e. The zero-order valence-corrected chi connectivity index (χ0v) is 27.3. The molecule has 3 N–H and O–H groups in total. The van der Waals surface area contributed by atoms with Crippen molar-refractivity contribution in [1.82, 2.24) is 16.0 Å². The normalized spacial score (nSPS) is 14.0. The van der Waals surface area contributed by atoms with Gasteiger partial charge in [-0.15, -0.1) is 0 Å². The molecule has 3 aromatic carbocycles. The van der Waals surface area contributed by atoms with Gasteiger partial charge in [-0.05, 0) is 57.2 Å². The molecule has 3 aromatic rings. The summed E-state index contributed by atoms with van der Waals surface area (Å²) in [6.45, 7) is 8.72. The molecule has 0 radical (unpaired) electrons. The Kier molecular flexibility index (Phi) is 15.5. The zero-order valence-electron chi connectivity index (χ0n) is 27.3. The summed E-state index contributed by atoms with van der Waals surface area (Å²) in [5.41, 5.74) is -0.612. The average Bonchev–Trinajstić information content (AvgIpc) is 3.02. The highest BCUT2D eigenvalue weighted by Crippen LogP contribution is 2.19. The second kappa shape index (κ2) is 19.8. The van der Waals surface area contributed by atoms with E-state index >= 15 is 0 Å². The molecule has 254 valence electrons. The van der Waals surface area contributed by atoms with Crippen LogP contribution in [0.5, 0.6) is 17.2 Å². The van der Waals surface area contributed by atoms with E-state index < -0.39 is 23.7 Å². The number of carbonyl (C=O) groups excluding carboxylic acids is 3. The van der Waals surface area contributed by atoms with Crippen LogP contribution in [0.3, 0.4) is 0 Å². The van der Waals surface area contributed by atoms with Crippen LogP contribution in [0, 0.1) is 5.41 Å². The minimum absolute atomic E-state index is 0.214. The maximum atomic E-state index is 12.2. The number of amides is 3. The summed E-state index contributed by atoms with van der Waals surface area (Å²) >= 11 is 0. The first kappa shape index (κ1) is 36.8. The van der Waals surface area contributed by atoms with Gasteiger partial charge in [-0.3, -0.25) is 0 Å². The molecule has 0 aliphatic carbocycles. The van der Waals surface area contributed by atoms with Crippen LogP contribution in [0.15, 0.2) is 91.0 Å². The quantitative estimate of drug-likeness (QED) is 0.161. The van der Waals surface area contributed by atoms with Crippen LogP contribution in [-0.4, -0.2) is 76.0 Å². The SMILES string of the molecule is CC(COCC(C)(COCC(C)NC(=O)Oc1ccccc1)COCC(C)NC(=O)Oc1ccccc1)NC(=O)Oc1ccccc1. The number of nitrogens with one attached hydrogen (secondary N) is 3. The van der Waals surface area contributed by atoms with Gasteiger partial charge in [-0.1, -0.05) is 61.5 Å². The Labute approximate surface area is 276 Å². The summed E-state index contributed by atoms with van der Waals surface area (Å²) in [6, 6.07) is 25.3. The van der Waals surface area contributed by atoms with Gasteiger partial charge in [-0.25, -0.2) is 14.4 Å². The third-order valence-corrected chi connectivity index (χ3v) is 6.41. The number of rotatable bonds is 18. The van der Waals surface area contributed by atoms with Crippen LogP contribution in [0.25, 0.3) is 0 Å². The molecule has 0 aliphatic heterocycles. The van der Waals surface area contributed by atoms with Crippen molar-refractivity contribution in [2.24, 2.45) is 5.41 Å². The molecule has 3 amide bonds. The third-order valence-electron chi connectivity index (χ3n) is 6.41. The predicted octanol–water partition coefficient (Wildman–Crippen LogP) is 5.57. The maximum absolute atomic E-state index is 12.2. The second-order valence-corrected chi connectivity index (χ2v) is 11.6. The van der Waals surface area contributed by atoms with Crippen LogP contribution < -0.4 is 30.2 Å². The molecule has 47 heavy (non-hydrogen) atoms. The fourth-order valence-electron chi connectivity index (χ4n) is 4.17. The molecule has 0 bridgehead atoms. The lowest BCUT2D eigenvalue weighted by atomic mass is 9.94. The van der Waals surface area contributed by atoms with Crippen LogP contribution in [-0.2, 0) is 14.2 Å². The lowest BCUT2D eigenvalue weighted by Crippen LogP contribution is -2.42. The van der Waals surface area contributed by atoms with Crippen molar-refractivity contribution < 1.29 is 42.8 Å². The topological polar surface area (TPSA) is 143 Å². The van der Waals surface area contributed by atoms with E-state index in [1.807, 2.05) is 25.1 Å². The Morgan fingerprint density at radius 1 is 0.511 bits per heavy atom. The van der Waals surface area contributed by atoms with Gasteiger partial charge in [0.25, 0.3) is 0 Å². The van der Waals surface area contributed by atoms with Crippen molar-refractivity contribution in [2.45, 2.75) is 45.8 Å². The molecule has 12 heteroatoms. The Hall–Kier alpha value is -4.65. The van der Waals surface area contributed by atoms with Crippen LogP contribution in [0.1, 0.15) is 27.7 Å². The van der Waals surface area contributed by atoms with Crippen LogP contribution in [0.4, 0.5) is 14.4 Å². The number of para-hydroxylation sites is 3. The molecule has 0 fully saturated rings. The third kappa shape index (κ3) is 15.5. The molecule has 0 heterocycles. The average molecular weight is 652 g/mol.